The number of unbranched alkanes of at least 4 members (excludes halogenated alkanes) is 17. The molecule has 0 saturated carbocycles. The number of nitrogens with one attached hydrogen (secondary N) is 1. The summed E-state index contributed by atoms with van der Waals surface area (Å²) in [6.45, 7) is 3.45. The maximum atomic E-state index is 12.1. The van der Waals surface area contributed by atoms with Crippen LogP contribution >= 0.6 is 7.82 Å². The molecule has 2 unspecified atom stereocenters. The quantitative estimate of drug-likeness (QED) is 0.0246. The highest BCUT2D eigenvalue weighted by Gasteiger charge is 2.23. The molecule has 0 aliphatic rings. The molecule has 0 bridgehead atoms. The van der Waals surface area contributed by atoms with Gasteiger partial charge in [0.2, 0.25) is 5.91 Å². The first-order valence-corrected chi connectivity index (χ1v) is 22.1. The fourth-order valence-corrected chi connectivity index (χ4v) is 6.06. The number of phosphoric ester groups is 1. The van der Waals surface area contributed by atoms with Gasteiger partial charge in [0, 0.05) is 19.4 Å². The molecule has 52 heavy (non-hydrogen) atoms. The Morgan fingerprint density at radius 2 is 1.06 bits per heavy atom. The molecule has 2 atom stereocenters. The van der Waals surface area contributed by atoms with Crippen molar-refractivity contribution < 1.29 is 37.9 Å². The fraction of sp³-hybridized carbons (Fsp3) is 0.762. The van der Waals surface area contributed by atoms with Crippen LogP contribution in [0.3, 0.4) is 0 Å². The third-order valence-electron chi connectivity index (χ3n) is 8.48. The van der Waals surface area contributed by atoms with E-state index >= 15 is 0 Å². The highest BCUT2D eigenvalue weighted by molar-refractivity contribution is 7.47. The van der Waals surface area contributed by atoms with Crippen LogP contribution in [0.4, 0.5) is 0 Å². The molecule has 3 N–H and O–H groups in total. The van der Waals surface area contributed by atoms with Crippen molar-refractivity contribution >= 4 is 19.7 Å². The van der Waals surface area contributed by atoms with Crippen LogP contribution in [0.25, 0.3) is 0 Å². The number of hydrogen-bond donors (Lipinski definition) is 3. The molecular weight excluding hydrogens is 677 g/mol. The van der Waals surface area contributed by atoms with Crippen molar-refractivity contribution in [1.29, 1.82) is 0 Å². The number of rotatable bonds is 38. The van der Waals surface area contributed by atoms with Gasteiger partial charge in [-0.2, -0.15) is 0 Å². The van der Waals surface area contributed by atoms with Gasteiger partial charge in [0.05, 0.1) is 13.2 Å². The molecule has 1 amide bonds. The van der Waals surface area contributed by atoms with E-state index < -0.39 is 26.5 Å². The summed E-state index contributed by atoms with van der Waals surface area (Å²) in [5.74, 6) is -0.541. The first-order valence-electron chi connectivity index (χ1n) is 20.6. The molecule has 0 saturated heterocycles. The zero-order valence-corrected chi connectivity index (χ0v) is 33.9. The number of aliphatic hydroxyl groups is 1. The lowest BCUT2D eigenvalue weighted by Gasteiger charge is -2.15. The molecule has 0 rings (SSSR count). The second kappa shape index (κ2) is 38.7. The lowest BCUT2D eigenvalue weighted by Crippen LogP contribution is -2.27. The van der Waals surface area contributed by atoms with Crippen LogP contribution in [0.15, 0.2) is 48.6 Å². The highest BCUT2D eigenvalue weighted by Crippen LogP contribution is 2.42. The van der Waals surface area contributed by atoms with E-state index in [-0.39, 0.29) is 32.1 Å². The standard InChI is InChI=1S/C42H76NO8P/c1-3-5-7-9-11-13-15-17-19-20-21-22-24-26-28-30-32-34-41(45)43-36-37-50-52(47,48)51-39-40(44)38-49-42(46)35-33-31-29-27-25-23-18-16-14-12-10-8-6-4-2/h10-13,16-19,40,44H,3-9,14-15,20-39H2,1-2H3,(H,43,45)(H,47,48)/b12-10-,13-11-,18-16-,19-17-. The minimum Gasteiger partial charge on any atom is -0.463 e. The predicted molar refractivity (Wildman–Crippen MR) is 215 cm³/mol. The number of allylic oxidation sites excluding steroid dienone is 8. The van der Waals surface area contributed by atoms with Crippen molar-refractivity contribution in [2.45, 2.75) is 180 Å². The van der Waals surface area contributed by atoms with Crippen LogP contribution in [0.5, 0.6) is 0 Å². The summed E-state index contributed by atoms with van der Waals surface area (Å²) >= 11 is 0. The van der Waals surface area contributed by atoms with E-state index in [2.05, 4.69) is 67.8 Å². The van der Waals surface area contributed by atoms with Gasteiger partial charge < -0.3 is 20.1 Å². The zero-order chi connectivity index (χ0) is 38.2. The Labute approximate surface area is 317 Å². The number of carbonyl (C=O) groups excluding carboxylic acids is 2. The molecule has 0 radical (unpaired) electrons. The molecule has 0 aromatic heterocycles. The fourth-order valence-electron chi connectivity index (χ4n) is 5.31. The number of hydrogen-bond acceptors (Lipinski definition) is 7. The highest BCUT2D eigenvalue weighted by atomic mass is 31.2. The molecular formula is C42H76NO8P. The van der Waals surface area contributed by atoms with Crippen LogP contribution < -0.4 is 5.32 Å². The van der Waals surface area contributed by atoms with E-state index in [4.69, 9.17) is 13.8 Å². The van der Waals surface area contributed by atoms with E-state index in [1.165, 1.54) is 64.2 Å². The predicted octanol–water partition coefficient (Wildman–Crippen LogP) is 11.2. The minimum atomic E-state index is -4.42. The van der Waals surface area contributed by atoms with Crippen LogP contribution in [0, 0.1) is 0 Å². The molecule has 9 nitrogen and oxygen atoms in total. The maximum Gasteiger partial charge on any atom is 0.472 e. The number of esters is 1. The first-order chi connectivity index (χ1) is 25.3. The maximum absolute atomic E-state index is 12.1. The van der Waals surface area contributed by atoms with E-state index in [1.54, 1.807) is 0 Å². The zero-order valence-electron chi connectivity index (χ0n) is 33.0. The van der Waals surface area contributed by atoms with Gasteiger partial charge in [-0.3, -0.25) is 18.6 Å². The Morgan fingerprint density at radius 1 is 0.596 bits per heavy atom. The summed E-state index contributed by atoms with van der Waals surface area (Å²) in [6, 6.07) is 0. The average Bonchev–Trinajstić information content (AvgIpc) is 3.13. The summed E-state index contributed by atoms with van der Waals surface area (Å²) in [7, 11) is -4.42. The smallest absolute Gasteiger partial charge is 0.463 e. The molecule has 0 aliphatic heterocycles. The number of carbonyl (C=O) groups is 2. The van der Waals surface area contributed by atoms with Crippen LogP contribution in [-0.2, 0) is 27.9 Å². The summed E-state index contributed by atoms with van der Waals surface area (Å²) in [5, 5.41) is 12.7. The van der Waals surface area contributed by atoms with Gasteiger partial charge in [0.25, 0.3) is 0 Å². The molecule has 10 heteroatoms. The van der Waals surface area contributed by atoms with E-state index in [0.29, 0.717) is 6.42 Å². The summed E-state index contributed by atoms with van der Waals surface area (Å²) in [5.41, 5.74) is 0. The molecule has 0 spiro atoms. The average molecular weight is 754 g/mol. The van der Waals surface area contributed by atoms with E-state index in [1.807, 2.05) is 0 Å². The minimum absolute atomic E-state index is 0.0741. The Kier molecular flexibility index (Phi) is 37.2. The van der Waals surface area contributed by atoms with Crippen molar-refractivity contribution in [3.05, 3.63) is 48.6 Å². The molecule has 0 fully saturated rings. The van der Waals surface area contributed by atoms with E-state index in [0.717, 1.165) is 83.5 Å². The first kappa shape index (κ1) is 50.0. The lowest BCUT2D eigenvalue weighted by atomic mass is 10.1. The number of amides is 1. The molecule has 0 aliphatic carbocycles. The second-order valence-electron chi connectivity index (χ2n) is 13.6. The Balaban J connectivity index is 3.64. The lowest BCUT2D eigenvalue weighted by molar-refractivity contribution is -0.147. The van der Waals surface area contributed by atoms with Crippen LogP contribution in [0.2, 0.25) is 0 Å². The number of phosphoric acid groups is 1. The van der Waals surface area contributed by atoms with Gasteiger partial charge in [0.15, 0.2) is 0 Å². The Hall–Kier alpha value is -2.03. The van der Waals surface area contributed by atoms with Gasteiger partial charge in [-0.25, -0.2) is 4.57 Å². The van der Waals surface area contributed by atoms with Crippen molar-refractivity contribution in [1.82, 2.24) is 5.32 Å². The monoisotopic (exact) mass is 754 g/mol. The molecule has 0 aromatic rings. The topological polar surface area (TPSA) is 131 Å². The van der Waals surface area contributed by atoms with Gasteiger partial charge in [-0.15, -0.1) is 0 Å². The van der Waals surface area contributed by atoms with Crippen LogP contribution in [0.1, 0.15) is 174 Å². The summed E-state index contributed by atoms with van der Waals surface area (Å²) in [4.78, 5) is 33.8. The number of ether oxygens (including phenoxy) is 1. The Bertz CT molecular complexity index is 996. The largest absolute Gasteiger partial charge is 0.472 e. The van der Waals surface area contributed by atoms with Crippen molar-refractivity contribution in [2.75, 3.05) is 26.4 Å². The second-order valence-corrected chi connectivity index (χ2v) is 15.1. The number of aliphatic hydroxyl groups excluding tert-OH is 1. The summed E-state index contributed by atoms with van der Waals surface area (Å²) in [6.07, 6.45) is 43.2. The van der Waals surface area contributed by atoms with Gasteiger partial charge in [-0.1, -0.05) is 140 Å². The third-order valence-corrected chi connectivity index (χ3v) is 9.47. The van der Waals surface area contributed by atoms with Gasteiger partial charge in [-0.05, 0) is 70.6 Å². The van der Waals surface area contributed by atoms with E-state index in [9.17, 15) is 24.2 Å². The Morgan fingerprint density at radius 3 is 1.60 bits per heavy atom. The normalized spacial score (nSPS) is 13.8. The van der Waals surface area contributed by atoms with Crippen LogP contribution in [-0.4, -0.2) is 54.3 Å². The van der Waals surface area contributed by atoms with Crippen molar-refractivity contribution in [3.63, 3.8) is 0 Å². The van der Waals surface area contributed by atoms with Gasteiger partial charge >= 0.3 is 13.8 Å². The third kappa shape index (κ3) is 39.2. The summed E-state index contributed by atoms with van der Waals surface area (Å²) < 4.78 is 26.8. The molecule has 0 aromatic carbocycles. The SMILES string of the molecule is CCCC/C=C\C/C=C\CCCCCCCC(=O)OCC(O)COP(=O)(O)OCCNC(=O)CCCCCCCCC/C=C\C/C=C\CCCCC. The molecule has 302 valence electrons. The molecule has 0 heterocycles. The van der Waals surface area contributed by atoms with Crippen molar-refractivity contribution in [3.8, 4) is 0 Å². The van der Waals surface area contributed by atoms with Gasteiger partial charge in [0.1, 0.15) is 12.7 Å². The van der Waals surface area contributed by atoms with Crippen molar-refractivity contribution in [2.24, 2.45) is 0 Å².